The molecule has 2 N–H and O–H groups in total. The maximum absolute atomic E-state index is 12.3. The molecule has 16 heavy (non-hydrogen) atoms. The minimum Gasteiger partial charge on any atom is -0.481 e. The highest BCUT2D eigenvalue weighted by atomic mass is 19.4. The number of hydrogen-bond acceptors (Lipinski definition) is 3. The van der Waals surface area contributed by atoms with E-state index in [1.54, 1.807) is 0 Å². The van der Waals surface area contributed by atoms with E-state index in [1.165, 1.54) is 4.90 Å². The number of carbonyl (C=O) groups is 1. The van der Waals surface area contributed by atoms with Gasteiger partial charge in [0.25, 0.3) is 0 Å². The number of carboxylic acids is 1. The molecule has 0 radical (unpaired) electrons. The van der Waals surface area contributed by atoms with Gasteiger partial charge in [-0.2, -0.15) is 13.2 Å². The topological polar surface area (TPSA) is 60.8 Å². The summed E-state index contributed by atoms with van der Waals surface area (Å²) in [5.41, 5.74) is -2.79. The highest BCUT2D eigenvalue weighted by Gasteiger charge is 2.51. The van der Waals surface area contributed by atoms with Gasteiger partial charge in [0.1, 0.15) is 0 Å². The van der Waals surface area contributed by atoms with Gasteiger partial charge in [0.15, 0.2) is 5.60 Å². The molecule has 0 aromatic carbocycles. The third-order valence-electron chi connectivity index (χ3n) is 2.76. The molecule has 7 heteroatoms. The summed E-state index contributed by atoms with van der Waals surface area (Å²) in [5.74, 6) is -1.64. The zero-order valence-corrected chi connectivity index (χ0v) is 8.79. The van der Waals surface area contributed by atoms with Crippen LogP contribution in [0.5, 0.6) is 0 Å². The fourth-order valence-corrected chi connectivity index (χ4v) is 1.70. The van der Waals surface area contributed by atoms with Crippen LogP contribution in [0.3, 0.4) is 0 Å². The summed E-state index contributed by atoms with van der Waals surface area (Å²) in [7, 11) is 0. The van der Waals surface area contributed by atoms with E-state index in [-0.39, 0.29) is 13.1 Å². The minimum atomic E-state index is -4.70. The number of alkyl halides is 3. The van der Waals surface area contributed by atoms with Crippen LogP contribution in [0.15, 0.2) is 0 Å². The van der Waals surface area contributed by atoms with Crippen molar-refractivity contribution >= 4 is 5.97 Å². The Labute approximate surface area is 90.7 Å². The molecular formula is C9H14F3NO3. The molecule has 1 rings (SSSR count). The first-order valence-electron chi connectivity index (χ1n) is 4.88. The number of rotatable bonds is 3. The minimum absolute atomic E-state index is 0.0571. The predicted octanol–water partition coefficient (Wildman–Crippen LogP) is 0.706. The third-order valence-corrected chi connectivity index (χ3v) is 2.76. The molecule has 2 unspecified atom stereocenters. The van der Waals surface area contributed by atoms with Crippen molar-refractivity contribution in [3.05, 3.63) is 0 Å². The third kappa shape index (κ3) is 2.85. The molecule has 0 aromatic rings. The van der Waals surface area contributed by atoms with Crippen LogP contribution < -0.4 is 0 Å². The van der Waals surface area contributed by atoms with Gasteiger partial charge in [0.2, 0.25) is 0 Å². The molecule has 4 nitrogen and oxygen atoms in total. The number of halogens is 3. The van der Waals surface area contributed by atoms with Crippen LogP contribution in [-0.4, -0.2) is 52.5 Å². The Balaban J connectivity index is 2.54. The van der Waals surface area contributed by atoms with Crippen molar-refractivity contribution in [1.29, 1.82) is 0 Å². The van der Waals surface area contributed by atoms with Gasteiger partial charge in [-0.15, -0.1) is 0 Å². The molecule has 0 spiro atoms. The lowest BCUT2D eigenvalue weighted by molar-refractivity contribution is -0.256. The summed E-state index contributed by atoms with van der Waals surface area (Å²) in [5, 5.41) is 17.9. The Hall–Kier alpha value is -0.820. The number of carboxylic acid groups (broad SMARTS) is 1. The molecule has 1 heterocycles. The number of aliphatic carboxylic acids is 1. The van der Waals surface area contributed by atoms with Crippen molar-refractivity contribution in [2.45, 2.75) is 25.1 Å². The summed E-state index contributed by atoms with van der Waals surface area (Å²) in [4.78, 5) is 11.9. The average molecular weight is 241 g/mol. The van der Waals surface area contributed by atoms with E-state index in [9.17, 15) is 23.1 Å². The van der Waals surface area contributed by atoms with Crippen molar-refractivity contribution in [3.63, 3.8) is 0 Å². The number of likely N-dealkylation sites (tertiary alicyclic amines) is 1. The Morgan fingerprint density at radius 1 is 1.50 bits per heavy atom. The Morgan fingerprint density at radius 3 is 2.44 bits per heavy atom. The van der Waals surface area contributed by atoms with Crippen LogP contribution in [0.4, 0.5) is 13.2 Å². The fourth-order valence-electron chi connectivity index (χ4n) is 1.70. The molecular weight excluding hydrogens is 227 g/mol. The molecule has 1 aliphatic rings. The van der Waals surface area contributed by atoms with E-state index >= 15 is 0 Å². The molecule has 2 atom stereocenters. The van der Waals surface area contributed by atoms with Gasteiger partial charge in [0.05, 0.1) is 5.92 Å². The van der Waals surface area contributed by atoms with Gasteiger partial charge in [-0.25, -0.2) is 0 Å². The highest BCUT2D eigenvalue weighted by Crippen LogP contribution is 2.32. The molecule has 94 valence electrons. The lowest BCUT2D eigenvalue weighted by Gasteiger charge is -2.30. The molecule has 0 saturated carbocycles. The summed E-state index contributed by atoms with van der Waals surface area (Å²) >= 11 is 0. The molecule has 0 amide bonds. The van der Waals surface area contributed by atoms with E-state index < -0.39 is 30.2 Å². The van der Waals surface area contributed by atoms with Crippen LogP contribution in [0, 0.1) is 5.92 Å². The van der Waals surface area contributed by atoms with Gasteiger partial charge in [-0.3, -0.25) is 9.69 Å². The van der Waals surface area contributed by atoms with Gasteiger partial charge in [-0.1, -0.05) is 0 Å². The molecule has 1 saturated heterocycles. The summed E-state index contributed by atoms with van der Waals surface area (Å²) < 4.78 is 37.0. The Bertz CT molecular complexity index is 278. The van der Waals surface area contributed by atoms with Crippen LogP contribution in [0.25, 0.3) is 0 Å². The van der Waals surface area contributed by atoms with Gasteiger partial charge in [0, 0.05) is 13.1 Å². The van der Waals surface area contributed by atoms with Gasteiger partial charge >= 0.3 is 12.1 Å². The van der Waals surface area contributed by atoms with Gasteiger partial charge < -0.3 is 10.2 Å². The van der Waals surface area contributed by atoms with E-state index in [1.807, 2.05) is 0 Å². The molecule has 0 aliphatic carbocycles. The number of aliphatic hydroxyl groups is 1. The van der Waals surface area contributed by atoms with Crippen molar-refractivity contribution in [2.75, 3.05) is 19.6 Å². The lowest BCUT2D eigenvalue weighted by atomic mass is 10.1. The highest BCUT2D eigenvalue weighted by molar-refractivity contribution is 5.70. The van der Waals surface area contributed by atoms with Crippen LogP contribution in [0.2, 0.25) is 0 Å². The van der Waals surface area contributed by atoms with Crippen molar-refractivity contribution in [3.8, 4) is 0 Å². The zero-order valence-electron chi connectivity index (χ0n) is 8.79. The number of hydrogen-bond donors (Lipinski definition) is 2. The van der Waals surface area contributed by atoms with E-state index in [4.69, 9.17) is 5.11 Å². The molecule has 1 aliphatic heterocycles. The largest absolute Gasteiger partial charge is 0.481 e. The maximum Gasteiger partial charge on any atom is 0.418 e. The number of nitrogens with zero attached hydrogens (tertiary/aromatic N) is 1. The second-order valence-electron chi connectivity index (χ2n) is 4.33. The molecule has 0 bridgehead atoms. The predicted molar refractivity (Wildman–Crippen MR) is 48.9 cm³/mol. The smallest absolute Gasteiger partial charge is 0.418 e. The zero-order chi connectivity index (χ0) is 12.6. The average Bonchev–Trinajstić information content (AvgIpc) is 2.49. The SMILES string of the molecule is CC(O)(CN1CCC(C(=O)O)C1)C(F)(F)F. The maximum atomic E-state index is 12.3. The monoisotopic (exact) mass is 241 g/mol. The molecule has 0 aromatic heterocycles. The first-order chi connectivity index (χ1) is 7.13. The summed E-state index contributed by atoms with van der Waals surface area (Å²) in [6, 6.07) is 0. The lowest BCUT2D eigenvalue weighted by Crippen LogP contribution is -2.50. The quantitative estimate of drug-likeness (QED) is 0.763. The van der Waals surface area contributed by atoms with Crippen LogP contribution in [0.1, 0.15) is 13.3 Å². The van der Waals surface area contributed by atoms with Crippen LogP contribution >= 0.6 is 0 Å². The first kappa shape index (κ1) is 13.2. The Morgan fingerprint density at radius 2 is 2.06 bits per heavy atom. The standard InChI is InChI=1S/C9H14F3NO3/c1-8(16,9(10,11)12)5-13-3-2-6(4-13)7(14)15/h6,16H,2-5H2,1H3,(H,14,15). The van der Waals surface area contributed by atoms with E-state index in [2.05, 4.69) is 0 Å². The summed E-state index contributed by atoms with van der Waals surface area (Å²) in [6.07, 6.45) is -4.38. The summed E-state index contributed by atoms with van der Waals surface area (Å²) in [6.45, 7) is 0.437. The van der Waals surface area contributed by atoms with Crippen molar-refractivity contribution < 1.29 is 28.2 Å². The van der Waals surface area contributed by atoms with Crippen LogP contribution in [-0.2, 0) is 4.79 Å². The number of β-amino-alcohol motifs (C(OH)–C–C–N with tert-alkyl or cyclic N) is 1. The van der Waals surface area contributed by atoms with Crippen molar-refractivity contribution in [1.82, 2.24) is 4.90 Å². The van der Waals surface area contributed by atoms with Crippen molar-refractivity contribution in [2.24, 2.45) is 5.92 Å². The van der Waals surface area contributed by atoms with E-state index in [0.29, 0.717) is 13.3 Å². The van der Waals surface area contributed by atoms with E-state index in [0.717, 1.165) is 0 Å². The van der Waals surface area contributed by atoms with Gasteiger partial charge in [-0.05, 0) is 19.9 Å². The second-order valence-corrected chi connectivity index (χ2v) is 4.33. The normalized spacial score (nSPS) is 26.7. The first-order valence-corrected chi connectivity index (χ1v) is 4.88. The second kappa shape index (κ2) is 4.21. The molecule has 1 fully saturated rings. The Kier molecular flexibility index (Phi) is 3.49. The fraction of sp³-hybridized carbons (Fsp3) is 0.889.